The first-order valence-corrected chi connectivity index (χ1v) is 13.6. The molecule has 1 saturated carbocycles. The second-order valence-electron chi connectivity index (χ2n) is 11.1. The fourth-order valence-corrected chi connectivity index (χ4v) is 5.95. The van der Waals surface area contributed by atoms with E-state index in [1.807, 2.05) is 36.4 Å². The van der Waals surface area contributed by atoms with E-state index in [9.17, 15) is 9.90 Å². The normalized spacial score (nSPS) is 17.2. The maximum Gasteiger partial charge on any atom is 0.303 e. The van der Waals surface area contributed by atoms with Crippen molar-refractivity contribution in [2.75, 3.05) is 7.11 Å². The summed E-state index contributed by atoms with van der Waals surface area (Å²) in [5.74, 6) is 0.595. The number of hydrogen-bond acceptors (Lipinski definition) is 3. The highest BCUT2D eigenvalue weighted by Crippen LogP contribution is 2.51. The first-order valence-electron chi connectivity index (χ1n) is 13.6. The summed E-state index contributed by atoms with van der Waals surface area (Å²) in [7, 11) is 1.60. The average molecular weight is 519 g/mol. The first-order chi connectivity index (χ1) is 18.2. The van der Waals surface area contributed by atoms with Gasteiger partial charge in [-0.2, -0.15) is 0 Å². The van der Waals surface area contributed by atoms with Gasteiger partial charge >= 0.3 is 5.97 Å². The molecule has 1 aliphatic rings. The van der Waals surface area contributed by atoms with Crippen LogP contribution in [0.25, 0.3) is 11.1 Å². The molecule has 0 spiro atoms. The summed E-state index contributed by atoms with van der Waals surface area (Å²) in [5.41, 5.74) is 4.75. The Morgan fingerprint density at radius 2 is 1.89 bits per heavy atom. The number of hydrogen-bond donors (Lipinski definition) is 1. The summed E-state index contributed by atoms with van der Waals surface area (Å²) < 4.78 is 26.6. The number of halogens is 1. The zero-order valence-corrected chi connectivity index (χ0v) is 22.9. The molecule has 0 radical (unpaired) electrons. The number of ether oxygens (including phenoxy) is 2. The third kappa shape index (κ3) is 6.38. The molecule has 0 amide bonds. The molecule has 202 valence electrons. The van der Waals surface area contributed by atoms with Crippen LogP contribution in [0, 0.1) is 11.2 Å². The van der Waals surface area contributed by atoms with E-state index in [0.717, 1.165) is 60.1 Å². The number of benzene rings is 3. The lowest BCUT2D eigenvalue weighted by Crippen LogP contribution is -2.17. The SMILES string of the molecule is CCC[C@H](CC(=O)O)c1cccc(OCc2ccc(-c3cc(OC)ccc3F)c([C@@H]3CCCC3(C)C)c2)c1. The van der Waals surface area contributed by atoms with Crippen molar-refractivity contribution < 1.29 is 23.8 Å². The molecule has 3 aromatic carbocycles. The molecule has 1 N–H and O–H groups in total. The maximum absolute atomic E-state index is 15.0. The van der Waals surface area contributed by atoms with Crippen molar-refractivity contribution in [3.63, 3.8) is 0 Å². The second kappa shape index (κ2) is 12.0. The summed E-state index contributed by atoms with van der Waals surface area (Å²) in [5, 5.41) is 9.34. The van der Waals surface area contributed by atoms with Crippen LogP contribution in [0.5, 0.6) is 11.5 Å². The van der Waals surface area contributed by atoms with E-state index in [-0.39, 0.29) is 23.6 Å². The fourth-order valence-electron chi connectivity index (χ4n) is 5.95. The monoisotopic (exact) mass is 518 g/mol. The third-order valence-electron chi connectivity index (χ3n) is 8.01. The van der Waals surface area contributed by atoms with E-state index in [2.05, 4.69) is 26.8 Å². The third-order valence-corrected chi connectivity index (χ3v) is 8.01. The zero-order chi connectivity index (χ0) is 27.3. The smallest absolute Gasteiger partial charge is 0.303 e. The molecule has 1 aliphatic carbocycles. The van der Waals surface area contributed by atoms with Gasteiger partial charge < -0.3 is 14.6 Å². The highest BCUT2D eigenvalue weighted by atomic mass is 19.1. The van der Waals surface area contributed by atoms with Crippen LogP contribution in [-0.2, 0) is 11.4 Å². The summed E-state index contributed by atoms with van der Waals surface area (Å²) in [6.07, 6.45) is 5.21. The molecule has 4 nitrogen and oxygen atoms in total. The van der Waals surface area contributed by atoms with Gasteiger partial charge in [-0.25, -0.2) is 4.39 Å². The number of rotatable bonds is 11. The van der Waals surface area contributed by atoms with Crippen molar-refractivity contribution in [2.45, 2.75) is 77.7 Å². The van der Waals surface area contributed by atoms with Gasteiger partial charge in [0.25, 0.3) is 0 Å². The van der Waals surface area contributed by atoms with E-state index in [1.165, 1.54) is 6.07 Å². The van der Waals surface area contributed by atoms with Gasteiger partial charge in [0, 0.05) is 5.56 Å². The van der Waals surface area contributed by atoms with Crippen LogP contribution in [0.3, 0.4) is 0 Å². The Balaban J connectivity index is 1.63. The Morgan fingerprint density at radius 1 is 1.08 bits per heavy atom. The van der Waals surface area contributed by atoms with E-state index in [4.69, 9.17) is 9.47 Å². The number of methoxy groups -OCH3 is 1. The lowest BCUT2D eigenvalue weighted by molar-refractivity contribution is -0.137. The predicted molar refractivity (Wildman–Crippen MR) is 149 cm³/mol. The summed E-state index contributed by atoms with van der Waals surface area (Å²) in [6, 6.07) is 18.9. The van der Waals surface area contributed by atoms with E-state index >= 15 is 4.39 Å². The molecular weight excluding hydrogens is 479 g/mol. The van der Waals surface area contributed by atoms with Crippen LogP contribution in [0.15, 0.2) is 60.7 Å². The Kier molecular flexibility index (Phi) is 8.76. The van der Waals surface area contributed by atoms with E-state index in [1.54, 1.807) is 19.2 Å². The van der Waals surface area contributed by atoms with Crippen LogP contribution in [-0.4, -0.2) is 18.2 Å². The lowest BCUT2D eigenvalue weighted by atomic mass is 9.75. The van der Waals surface area contributed by atoms with Gasteiger partial charge in [-0.05, 0) is 89.1 Å². The molecule has 1 fully saturated rings. The highest BCUT2D eigenvalue weighted by molar-refractivity contribution is 5.71. The largest absolute Gasteiger partial charge is 0.497 e. The van der Waals surface area contributed by atoms with Crippen molar-refractivity contribution in [1.82, 2.24) is 0 Å². The molecule has 0 bridgehead atoms. The molecule has 4 rings (SSSR count). The quantitative estimate of drug-likeness (QED) is 0.276. The molecular formula is C33H39FO4. The molecule has 38 heavy (non-hydrogen) atoms. The molecule has 0 aliphatic heterocycles. The minimum atomic E-state index is -0.787. The molecule has 0 heterocycles. The van der Waals surface area contributed by atoms with Crippen LogP contribution >= 0.6 is 0 Å². The van der Waals surface area contributed by atoms with Gasteiger partial charge in [-0.3, -0.25) is 4.79 Å². The summed E-state index contributed by atoms with van der Waals surface area (Å²) in [4.78, 5) is 11.4. The van der Waals surface area contributed by atoms with Crippen LogP contribution in [0.2, 0.25) is 0 Å². The molecule has 0 aromatic heterocycles. The van der Waals surface area contributed by atoms with Gasteiger partial charge in [0.1, 0.15) is 23.9 Å². The maximum atomic E-state index is 15.0. The van der Waals surface area contributed by atoms with Crippen molar-refractivity contribution in [3.05, 3.63) is 83.2 Å². The number of aliphatic carboxylic acids is 1. The van der Waals surface area contributed by atoms with Crippen molar-refractivity contribution in [1.29, 1.82) is 0 Å². The van der Waals surface area contributed by atoms with Crippen LogP contribution in [0.1, 0.15) is 87.8 Å². The fraction of sp³-hybridized carbons (Fsp3) is 0.424. The van der Waals surface area contributed by atoms with Crippen LogP contribution in [0.4, 0.5) is 4.39 Å². The van der Waals surface area contributed by atoms with Crippen molar-refractivity contribution in [3.8, 4) is 22.6 Å². The number of carboxylic acids is 1. The van der Waals surface area contributed by atoms with Gasteiger partial charge in [0.15, 0.2) is 0 Å². The molecule has 0 unspecified atom stereocenters. The highest BCUT2D eigenvalue weighted by Gasteiger charge is 2.37. The Bertz CT molecular complexity index is 1270. The zero-order valence-electron chi connectivity index (χ0n) is 22.9. The van der Waals surface area contributed by atoms with Crippen molar-refractivity contribution in [2.24, 2.45) is 5.41 Å². The van der Waals surface area contributed by atoms with Gasteiger partial charge in [-0.1, -0.05) is 63.9 Å². The lowest BCUT2D eigenvalue weighted by Gasteiger charge is -2.30. The topological polar surface area (TPSA) is 55.8 Å². The summed E-state index contributed by atoms with van der Waals surface area (Å²) >= 11 is 0. The van der Waals surface area contributed by atoms with Crippen LogP contribution < -0.4 is 9.47 Å². The average Bonchev–Trinajstić information content (AvgIpc) is 3.26. The number of carbonyl (C=O) groups is 1. The predicted octanol–water partition coefficient (Wildman–Crippen LogP) is 8.73. The number of carboxylic acid groups (broad SMARTS) is 1. The van der Waals surface area contributed by atoms with Gasteiger partial charge in [0.05, 0.1) is 13.5 Å². The minimum Gasteiger partial charge on any atom is -0.497 e. The Morgan fingerprint density at radius 3 is 2.58 bits per heavy atom. The minimum absolute atomic E-state index is 0.0331. The second-order valence-corrected chi connectivity index (χ2v) is 11.1. The molecule has 2 atom stereocenters. The van der Waals surface area contributed by atoms with Gasteiger partial charge in [-0.15, -0.1) is 0 Å². The van der Waals surface area contributed by atoms with Gasteiger partial charge in [0.2, 0.25) is 0 Å². The molecule has 3 aromatic rings. The summed E-state index contributed by atoms with van der Waals surface area (Å²) in [6.45, 7) is 7.05. The first kappa shape index (κ1) is 27.7. The standard InChI is InChI=1S/C33H39FO4/c1-5-8-23(19-32(35)36)24-9-6-10-26(18-24)38-21-22-12-14-27(29-20-25(37-4)13-15-31(29)34)28(17-22)30-11-7-16-33(30,2)3/h6,9-10,12-15,17-18,20,23,30H,5,7-8,11,16,19,21H2,1-4H3,(H,35,36)/t23-,30+/m1/s1. The Labute approximate surface area is 225 Å². The van der Waals surface area contributed by atoms with E-state index in [0.29, 0.717) is 23.8 Å². The molecule has 0 saturated heterocycles. The van der Waals surface area contributed by atoms with Crippen molar-refractivity contribution >= 4 is 5.97 Å². The molecule has 5 heteroatoms. The Hall–Kier alpha value is -3.34. The van der Waals surface area contributed by atoms with E-state index < -0.39 is 5.97 Å².